The van der Waals surface area contributed by atoms with E-state index in [4.69, 9.17) is 5.84 Å². The second-order valence-electron chi connectivity index (χ2n) is 2.52. The van der Waals surface area contributed by atoms with E-state index in [0.29, 0.717) is 0 Å². The first-order valence-corrected chi connectivity index (χ1v) is 3.93. The number of hydrazine groups is 1. The van der Waals surface area contributed by atoms with Gasteiger partial charge in [-0.05, 0) is 6.07 Å². The molecule has 78 valence electrons. The Kier molecular flexibility index (Phi) is 3.47. The molecule has 1 aromatic rings. The van der Waals surface area contributed by atoms with Gasteiger partial charge in [0.1, 0.15) is 0 Å². The summed E-state index contributed by atoms with van der Waals surface area (Å²) in [5.74, 6) is 4.79. The van der Waals surface area contributed by atoms with Crippen LogP contribution >= 0.6 is 0 Å². The van der Waals surface area contributed by atoms with Gasteiger partial charge < -0.3 is 0 Å². The Hall–Kier alpha value is -2.28. The zero-order valence-corrected chi connectivity index (χ0v) is 7.58. The molecular weight excluding hydrogens is 200 g/mol. The number of carbonyl (C=O) groups excluding carboxylic acids is 1. The van der Waals surface area contributed by atoms with Crippen LogP contribution in [0.2, 0.25) is 0 Å². The maximum atomic E-state index is 10.7. The summed E-state index contributed by atoms with van der Waals surface area (Å²) in [6.07, 6.45) is 1.08. The van der Waals surface area contributed by atoms with Crippen LogP contribution in [0.1, 0.15) is 5.56 Å². The van der Waals surface area contributed by atoms with Crippen LogP contribution in [-0.2, 0) is 0 Å². The smallest absolute Gasteiger partial charge is 0.274 e. The lowest BCUT2D eigenvalue weighted by atomic mass is 10.2. The Morgan fingerprint density at radius 2 is 2.20 bits per heavy atom. The molecule has 0 radical (unpaired) electrons. The number of nitro groups is 1. The van der Waals surface area contributed by atoms with Crippen LogP contribution in [0, 0.1) is 10.1 Å². The van der Waals surface area contributed by atoms with E-state index in [1.54, 1.807) is 11.5 Å². The first-order valence-electron chi connectivity index (χ1n) is 3.93. The van der Waals surface area contributed by atoms with Gasteiger partial charge in [-0.3, -0.25) is 15.5 Å². The molecule has 7 heteroatoms. The Labute approximate surface area is 84.7 Å². The third kappa shape index (κ3) is 2.85. The van der Waals surface area contributed by atoms with Crippen LogP contribution in [0.15, 0.2) is 29.3 Å². The van der Waals surface area contributed by atoms with Crippen molar-refractivity contribution in [3.63, 3.8) is 0 Å². The third-order valence-electron chi connectivity index (χ3n) is 1.58. The van der Waals surface area contributed by atoms with Crippen LogP contribution in [0.25, 0.3) is 0 Å². The molecule has 0 saturated heterocycles. The SMILES string of the molecule is NNC(=O)/N=C/c1ccccc1[N+](=O)[O-]. The standard InChI is InChI=1S/C8H8N4O3/c9-11-8(13)10-5-6-3-1-2-4-7(6)12(14)15/h1-5H,9H2,(H,11,13)/b10-5+. The highest BCUT2D eigenvalue weighted by Crippen LogP contribution is 2.15. The van der Waals surface area contributed by atoms with Crippen molar-refractivity contribution in [2.45, 2.75) is 0 Å². The summed E-state index contributed by atoms with van der Waals surface area (Å²) in [5, 5.41) is 10.6. The molecule has 3 N–H and O–H groups in total. The molecule has 1 rings (SSSR count). The molecule has 7 nitrogen and oxygen atoms in total. The highest BCUT2D eigenvalue weighted by atomic mass is 16.6. The van der Waals surface area contributed by atoms with Gasteiger partial charge in [0.25, 0.3) is 5.69 Å². The lowest BCUT2D eigenvalue weighted by Crippen LogP contribution is -2.26. The quantitative estimate of drug-likeness (QED) is 0.243. The Morgan fingerprint density at radius 3 is 2.80 bits per heavy atom. The molecule has 2 amide bonds. The number of amides is 2. The summed E-state index contributed by atoms with van der Waals surface area (Å²) in [6, 6.07) is 5.16. The number of benzene rings is 1. The van der Waals surface area contributed by atoms with Crippen molar-refractivity contribution in [2.75, 3.05) is 0 Å². The van der Waals surface area contributed by atoms with Crippen molar-refractivity contribution in [1.29, 1.82) is 0 Å². The normalized spacial score (nSPS) is 10.2. The summed E-state index contributed by atoms with van der Waals surface area (Å²) in [4.78, 5) is 24.0. The minimum absolute atomic E-state index is 0.119. The topological polar surface area (TPSA) is 111 Å². The second-order valence-corrected chi connectivity index (χ2v) is 2.52. The number of urea groups is 1. The predicted molar refractivity (Wildman–Crippen MR) is 53.4 cm³/mol. The molecular formula is C8H8N4O3. The number of nitrogens with one attached hydrogen (secondary N) is 1. The molecule has 0 spiro atoms. The number of rotatable bonds is 2. The van der Waals surface area contributed by atoms with E-state index in [1.807, 2.05) is 0 Å². The van der Waals surface area contributed by atoms with Gasteiger partial charge in [0, 0.05) is 12.3 Å². The predicted octanol–water partition coefficient (Wildman–Crippen LogP) is 0.597. The number of aliphatic imine (C=N–C) groups is 1. The molecule has 0 aliphatic rings. The van der Waals surface area contributed by atoms with Gasteiger partial charge in [-0.25, -0.2) is 15.6 Å². The number of carbonyl (C=O) groups is 1. The van der Waals surface area contributed by atoms with Crippen LogP contribution in [0.3, 0.4) is 0 Å². The van der Waals surface area contributed by atoms with Crippen LogP contribution in [-0.4, -0.2) is 17.2 Å². The van der Waals surface area contributed by atoms with E-state index >= 15 is 0 Å². The average molecular weight is 208 g/mol. The average Bonchev–Trinajstić information content (AvgIpc) is 2.26. The summed E-state index contributed by atoms with van der Waals surface area (Å²) in [5.41, 5.74) is 1.90. The van der Waals surface area contributed by atoms with Gasteiger partial charge >= 0.3 is 6.03 Å². The van der Waals surface area contributed by atoms with Gasteiger partial charge in [0.05, 0.1) is 10.5 Å². The Morgan fingerprint density at radius 1 is 1.53 bits per heavy atom. The number of nitrogens with two attached hydrogens (primary N) is 1. The van der Waals surface area contributed by atoms with Gasteiger partial charge in [0.15, 0.2) is 0 Å². The van der Waals surface area contributed by atoms with Crippen molar-refractivity contribution in [3.05, 3.63) is 39.9 Å². The van der Waals surface area contributed by atoms with Crippen molar-refractivity contribution in [1.82, 2.24) is 5.43 Å². The fourth-order valence-corrected chi connectivity index (χ4v) is 0.928. The Bertz CT molecular complexity index is 416. The molecule has 0 heterocycles. The van der Waals surface area contributed by atoms with E-state index in [-0.39, 0.29) is 11.3 Å². The molecule has 0 fully saturated rings. The van der Waals surface area contributed by atoms with Crippen molar-refractivity contribution < 1.29 is 9.72 Å². The van der Waals surface area contributed by atoms with Crippen LogP contribution in [0.5, 0.6) is 0 Å². The first kappa shape index (κ1) is 10.8. The van der Waals surface area contributed by atoms with E-state index in [9.17, 15) is 14.9 Å². The maximum absolute atomic E-state index is 10.7. The second kappa shape index (κ2) is 4.82. The van der Waals surface area contributed by atoms with Gasteiger partial charge in [0.2, 0.25) is 0 Å². The summed E-state index contributed by atoms with van der Waals surface area (Å²) >= 11 is 0. The number of hydrogen-bond acceptors (Lipinski definition) is 4. The summed E-state index contributed by atoms with van der Waals surface area (Å²) in [6.45, 7) is 0. The summed E-state index contributed by atoms with van der Waals surface area (Å²) in [7, 11) is 0. The Balaban J connectivity index is 2.99. The monoisotopic (exact) mass is 208 g/mol. The third-order valence-corrected chi connectivity index (χ3v) is 1.58. The zero-order chi connectivity index (χ0) is 11.3. The molecule has 0 unspecified atom stereocenters. The molecule has 15 heavy (non-hydrogen) atoms. The zero-order valence-electron chi connectivity index (χ0n) is 7.58. The largest absolute Gasteiger partial charge is 0.355 e. The van der Waals surface area contributed by atoms with E-state index < -0.39 is 11.0 Å². The first-order chi connectivity index (χ1) is 7.15. The molecule has 1 aromatic carbocycles. The van der Waals surface area contributed by atoms with E-state index in [0.717, 1.165) is 6.21 Å². The number of para-hydroxylation sites is 1. The van der Waals surface area contributed by atoms with Crippen LogP contribution in [0.4, 0.5) is 10.5 Å². The van der Waals surface area contributed by atoms with E-state index in [1.165, 1.54) is 18.2 Å². The van der Waals surface area contributed by atoms with Crippen molar-refractivity contribution in [2.24, 2.45) is 10.8 Å². The lowest BCUT2D eigenvalue weighted by Gasteiger charge is -1.95. The van der Waals surface area contributed by atoms with Crippen molar-refractivity contribution >= 4 is 17.9 Å². The van der Waals surface area contributed by atoms with Crippen LogP contribution < -0.4 is 11.3 Å². The fourth-order valence-electron chi connectivity index (χ4n) is 0.928. The maximum Gasteiger partial charge on any atom is 0.355 e. The molecule has 0 bridgehead atoms. The summed E-state index contributed by atoms with van der Waals surface area (Å²) < 4.78 is 0. The number of nitrogens with zero attached hydrogens (tertiary/aromatic N) is 2. The molecule has 0 aromatic heterocycles. The molecule has 0 atom stereocenters. The van der Waals surface area contributed by atoms with Gasteiger partial charge in [-0.1, -0.05) is 12.1 Å². The molecule has 0 aliphatic carbocycles. The number of nitro benzene ring substituents is 1. The molecule has 0 saturated carbocycles. The highest BCUT2D eigenvalue weighted by molar-refractivity contribution is 5.93. The minimum atomic E-state index is -0.770. The van der Waals surface area contributed by atoms with Gasteiger partial charge in [-0.15, -0.1) is 0 Å². The lowest BCUT2D eigenvalue weighted by molar-refractivity contribution is -0.385. The number of hydrogen-bond donors (Lipinski definition) is 2. The van der Waals surface area contributed by atoms with E-state index in [2.05, 4.69) is 4.99 Å². The van der Waals surface area contributed by atoms with Gasteiger partial charge in [-0.2, -0.15) is 0 Å². The molecule has 0 aliphatic heterocycles. The highest BCUT2D eigenvalue weighted by Gasteiger charge is 2.09. The van der Waals surface area contributed by atoms with Crippen molar-refractivity contribution in [3.8, 4) is 0 Å². The fraction of sp³-hybridized carbons (Fsp3) is 0. The minimum Gasteiger partial charge on any atom is -0.274 e.